The lowest BCUT2D eigenvalue weighted by Gasteiger charge is -2.23. The van der Waals surface area contributed by atoms with E-state index in [9.17, 15) is 0 Å². The third kappa shape index (κ3) is 2.62. The molecule has 0 radical (unpaired) electrons. The second kappa shape index (κ2) is 5.43. The molecule has 19 heavy (non-hydrogen) atoms. The fourth-order valence-electron chi connectivity index (χ4n) is 2.29. The molecule has 1 aromatic rings. The third-order valence-corrected chi connectivity index (χ3v) is 3.29. The van der Waals surface area contributed by atoms with Gasteiger partial charge in [-0.3, -0.25) is 5.84 Å². The van der Waals surface area contributed by atoms with Gasteiger partial charge in [-0.05, 0) is 17.6 Å². The normalized spacial score (nSPS) is 19.6. The van der Waals surface area contributed by atoms with E-state index in [0.717, 1.165) is 35.6 Å². The van der Waals surface area contributed by atoms with Crippen molar-refractivity contribution >= 4 is 0 Å². The Morgan fingerprint density at radius 1 is 1.26 bits per heavy atom. The van der Waals surface area contributed by atoms with Crippen molar-refractivity contribution in [2.45, 2.75) is 25.7 Å². The SMILES string of the molecule is CN(C)[n+]1n[nH]c2c1CC/C(N)=C(/N(N)NN)CC2. The molecule has 1 aliphatic carbocycles. The Morgan fingerprint density at radius 3 is 2.63 bits per heavy atom. The highest BCUT2D eigenvalue weighted by molar-refractivity contribution is 5.17. The van der Waals surface area contributed by atoms with Crippen LogP contribution in [0.4, 0.5) is 0 Å². The van der Waals surface area contributed by atoms with E-state index in [0.29, 0.717) is 12.8 Å². The minimum Gasteiger partial charge on any atom is -0.401 e. The molecule has 0 aliphatic heterocycles. The number of hydrogen-bond donors (Lipinski definition) is 5. The van der Waals surface area contributed by atoms with Gasteiger partial charge in [0.05, 0.1) is 5.70 Å². The molecule has 0 spiro atoms. The second-order valence-electron chi connectivity index (χ2n) is 4.74. The van der Waals surface area contributed by atoms with Crippen molar-refractivity contribution in [3.63, 3.8) is 0 Å². The minimum absolute atomic E-state index is 0.704. The first-order chi connectivity index (χ1) is 9.04. The summed E-state index contributed by atoms with van der Waals surface area (Å²) in [4.78, 5) is 1.86. The molecule has 8 N–H and O–H groups in total. The van der Waals surface area contributed by atoms with Crippen LogP contribution in [0.25, 0.3) is 0 Å². The standard InChI is InChI=1S/C10H21N9/c1-17(2)19-10-5-3-7(11)9(18(13)15-12)6-4-8(10)14-16-19/h3-6,11,13H2,1-2H3,(H3,12,14,15,16)/p+1/b9-7-. The van der Waals surface area contributed by atoms with E-state index < -0.39 is 0 Å². The van der Waals surface area contributed by atoms with Gasteiger partial charge in [0.15, 0.2) is 11.4 Å². The van der Waals surface area contributed by atoms with E-state index in [1.807, 2.05) is 23.9 Å². The maximum atomic E-state index is 6.09. The molecule has 9 nitrogen and oxygen atoms in total. The van der Waals surface area contributed by atoms with E-state index in [1.165, 1.54) is 5.12 Å². The average Bonchev–Trinajstić information content (AvgIpc) is 2.76. The number of aromatic nitrogens is 3. The Kier molecular flexibility index (Phi) is 3.88. The molecule has 0 fully saturated rings. The first-order valence-electron chi connectivity index (χ1n) is 6.19. The van der Waals surface area contributed by atoms with E-state index in [-0.39, 0.29) is 0 Å². The van der Waals surface area contributed by atoms with Crippen LogP contribution in [-0.4, -0.2) is 29.5 Å². The number of nitrogens with two attached hydrogens (primary N) is 3. The predicted octanol–water partition coefficient (Wildman–Crippen LogP) is -2.50. The van der Waals surface area contributed by atoms with Crippen LogP contribution in [-0.2, 0) is 12.8 Å². The van der Waals surface area contributed by atoms with Crippen molar-refractivity contribution in [2.24, 2.45) is 17.4 Å². The number of rotatable bonds is 3. The van der Waals surface area contributed by atoms with Gasteiger partial charge in [-0.15, -0.1) is 5.10 Å². The molecule has 0 bridgehead atoms. The fraction of sp³-hybridized carbons (Fsp3) is 0.600. The lowest BCUT2D eigenvalue weighted by Crippen LogP contribution is -2.57. The summed E-state index contributed by atoms with van der Waals surface area (Å²) in [6.45, 7) is 0. The van der Waals surface area contributed by atoms with Gasteiger partial charge in [0.1, 0.15) is 5.21 Å². The maximum Gasteiger partial charge on any atom is 0.200 e. The number of H-pyrrole nitrogens is 1. The predicted molar refractivity (Wildman–Crippen MR) is 70.1 cm³/mol. The lowest BCUT2D eigenvalue weighted by molar-refractivity contribution is -0.750. The molecule has 106 valence electrons. The van der Waals surface area contributed by atoms with Crippen molar-refractivity contribution < 1.29 is 4.79 Å². The molecule has 0 saturated heterocycles. The highest BCUT2D eigenvalue weighted by Crippen LogP contribution is 2.19. The van der Waals surface area contributed by atoms with Crippen LogP contribution in [0.3, 0.4) is 0 Å². The van der Waals surface area contributed by atoms with Crippen molar-refractivity contribution in [3.8, 4) is 0 Å². The first-order valence-corrected chi connectivity index (χ1v) is 6.19. The number of aryl methyl sites for hydroxylation is 1. The average molecular weight is 268 g/mol. The van der Waals surface area contributed by atoms with E-state index in [2.05, 4.69) is 15.8 Å². The molecule has 1 heterocycles. The summed E-state index contributed by atoms with van der Waals surface area (Å²) in [5.74, 6) is 11.1. The van der Waals surface area contributed by atoms with Crippen LogP contribution in [0.1, 0.15) is 24.2 Å². The quantitative estimate of drug-likeness (QED) is 0.233. The van der Waals surface area contributed by atoms with Crippen LogP contribution in [0, 0.1) is 0 Å². The zero-order chi connectivity index (χ0) is 14.0. The van der Waals surface area contributed by atoms with Gasteiger partial charge < -0.3 is 5.73 Å². The molecule has 1 aromatic heterocycles. The van der Waals surface area contributed by atoms with Gasteiger partial charge in [0, 0.05) is 32.6 Å². The molecular formula is C10H22N9+. The van der Waals surface area contributed by atoms with Crippen LogP contribution in [0.2, 0.25) is 0 Å². The summed E-state index contributed by atoms with van der Waals surface area (Å²) in [7, 11) is 3.90. The smallest absolute Gasteiger partial charge is 0.200 e. The van der Waals surface area contributed by atoms with E-state index in [4.69, 9.17) is 17.4 Å². The van der Waals surface area contributed by atoms with Crippen molar-refractivity contribution in [1.29, 1.82) is 0 Å². The van der Waals surface area contributed by atoms with Crippen molar-refractivity contribution in [1.82, 2.24) is 21.0 Å². The Bertz CT molecular complexity index is 475. The first kappa shape index (κ1) is 13.6. The molecular weight excluding hydrogens is 246 g/mol. The number of fused-ring (bicyclic) bond motifs is 1. The van der Waals surface area contributed by atoms with Gasteiger partial charge in [-0.1, -0.05) is 0 Å². The number of aromatic amines is 1. The van der Waals surface area contributed by atoms with Crippen molar-refractivity contribution in [2.75, 3.05) is 19.1 Å². The minimum atomic E-state index is 0.704. The molecule has 0 amide bonds. The van der Waals surface area contributed by atoms with Crippen molar-refractivity contribution in [3.05, 3.63) is 22.8 Å². The molecule has 0 atom stereocenters. The molecule has 0 saturated carbocycles. The van der Waals surface area contributed by atoms with E-state index >= 15 is 0 Å². The maximum absolute atomic E-state index is 6.09. The monoisotopic (exact) mass is 268 g/mol. The molecule has 9 heteroatoms. The zero-order valence-electron chi connectivity index (χ0n) is 11.3. The Hall–Kier alpha value is -1.84. The summed E-state index contributed by atoms with van der Waals surface area (Å²) in [5, 5.41) is 10.5. The van der Waals surface area contributed by atoms with Crippen LogP contribution < -0.4 is 32.8 Å². The highest BCUT2D eigenvalue weighted by atomic mass is 15.7. The number of nitrogens with one attached hydrogen (secondary N) is 2. The number of allylic oxidation sites excluding steroid dienone is 2. The Morgan fingerprint density at radius 2 is 2.00 bits per heavy atom. The summed E-state index contributed by atoms with van der Waals surface area (Å²) >= 11 is 0. The Balaban J connectivity index is 2.26. The largest absolute Gasteiger partial charge is 0.401 e. The summed E-state index contributed by atoms with van der Waals surface area (Å²) in [6.07, 6.45) is 3.01. The molecule has 2 rings (SSSR count). The topological polar surface area (TPSA) is 129 Å². The number of hydrogen-bond acceptors (Lipinski definition) is 7. The third-order valence-electron chi connectivity index (χ3n) is 3.29. The highest BCUT2D eigenvalue weighted by Gasteiger charge is 2.25. The van der Waals surface area contributed by atoms with Gasteiger partial charge in [-0.25, -0.2) is 16.0 Å². The second-order valence-corrected chi connectivity index (χ2v) is 4.74. The van der Waals surface area contributed by atoms with E-state index in [1.54, 1.807) is 0 Å². The van der Waals surface area contributed by atoms with Gasteiger partial charge in [0.2, 0.25) is 0 Å². The fourth-order valence-corrected chi connectivity index (χ4v) is 2.29. The van der Waals surface area contributed by atoms with Crippen LogP contribution in [0.5, 0.6) is 0 Å². The Labute approximate surface area is 111 Å². The number of hydrazine groups is 3. The van der Waals surface area contributed by atoms with Gasteiger partial charge in [-0.2, -0.15) is 5.53 Å². The molecule has 0 aromatic carbocycles. The van der Waals surface area contributed by atoms with Crippen LogP contribution in [0.15, 0.2) is 11.4 Å². The molecule has 1 aliphatic rings. The van der Waals surface area contributed by atoms with Gasteiger partial charge in [0.25, 0.3) is 0 Å². The summed E-state index contributed by atoms with van der Waals surface area (Å²) in [5.41, 5.74) is 12.3. The summed E-state index contributed by atoms with van der Waals surface area (Å²) in [6, 6.07) is 0. The van der Waals surface area contributed by atoms with Gasteiger partial charge >= 0.3 is 0 Å². The zero-order valence-corrected chi connectivity index (χ0v) is 11.3. The molecule has 0 unspecified atom stereocenters. The lowest BCUT2D eigenvalue weighted by atomic mass is 10.0. The summed E-state index contributed by atoms with van der Waals surface area (Å²) < 4.78 is 0. The number of nitrogens with zero attached hydrogens (tertiary/aromatic N) is 4. The van der Waals surface area contributed by atoms with Crippen LogP contribution >= 0.6 is 0 Å².